The van der Waals surface area contributed by atoms with Crippen molar-refractivity contribution in [1.29, 1.82) is 0 Å². The molecule has 0 aliphatic heterocycles. The number of ether oxygens (including phenoxy) is 1. The first kappa shape index (κ1) is 15.4. The summed E-state index contributed by atoms with van der Waals surface area (Å²) in [6.45, 7) is 6.62. The van der Waals surface area contributed by atoms with Crippen molar-refractivity contribution in [3.05, 3.63) is 0 Å². The fourth-order valence-corrected chi connectivity index (χ4v) is 1.62. The van der Waals surface area contributed by atoms with E-state index in [1.165, 1.54) is 0 Å². The van der Waals surface area contributed by atoms with Crippen molar-refractivity contribution in [1.82, 2.24) is 0 Å². The number of aliphatic hydroxyl groups is 1. The molecular weight excluding hydrogens is 204 g/mol. The van der Waals surface area contributed by atoms with Crippen molar-refractivity contribution in [2.45, 2.75) is 65.4 Å². The Morgan fingerprint density at radius 3 is 2.38 bits per heavy atom. The fourth-order valence-electron chi connectivity index (χ4n) is 1.62. The molecule has 0 radical (unpaired) electrons. The lowest BCUT2D eigenvalue weighted by Gasteiger charge is -2.11. The molecule has 1 N–H and O–H groups in total. The van der Waals surface area contributed by atoms with Gasteiger partial charge in [0, 0.05) is 6.42 Å². The van der Waals surface area contributed by atoms with E-state index in [9.17, 15) is 9.90 Å². The van der Waals surface area contributed by atoms with Crippen LogP contribution in [0.15, 0.2) is 0 Å². The summed E-state index contributed by atoms with van der Waals surface area (Å²) in [6.07, 6.45) is 4.68. The minimum absolute atomic E-state index is 0.156. The average molecular weight is 230 g/mol. The molecule has 96 valence electrons. The molecule has 0 rings (SSSR count). The van der Waals surface area contributed by atoms with E-state index in [-0.39, 0.29) is 12.1 Å². The quantitative estimate of drug-likeness (QED) is 0.619. The van der Waals surface area contributed by atoms with Gasteiger partial charge < -0.3 is 9.84 Å². The minimum Gasteiger partial charge on any atom is -0.466 e. The molecule has 0 spiro atoms. The third-order valence-electron chi connectivity index (χ3n) is 2.54. The summed E-state index contributed by atoms with van der Waals surface area (Å²) in [5, 5.41) is 9.65. The third-order valence-corrected chi connectivity index (χ3v) is 2.54. The number of aliphatic hydroxyl groups excluding tert-OH is 1. The van der Waals surface area contributed by atoms with Crippen LogP contribution in [0, 0.1) is 5.92 Å². The van der Waals surface area contributed by atoms with Gasteiger partial charge in [0.2, 0.25) is 0 Å². The van der Waals surface area contributed by atoms with Gasteiger partial charge in [-0.05, 0) is 32.1 Å². The first-order valence-corrected chi connectivity index (χ1v) is 6.40. The van der Waals surface area contributed by atoms with Gasteiger partial charge in [-0.25, -0.2) is 0 Å². The molecule has 0 amide bonds. The Bertz CT molecular complexity index is 178. The zero-order chi connectivity index (χ0) is 12.4. The second-order valence-electron chi connectivity index (χ2n) is 4.68. The molecule has 3 heteroatoms. The number of esters is 1. The molecule has 0 saturated heterocycles. The highest BCUT2D eigenvalue weighted by molar-refractivity contribution is 5.69. The van der Waals surface area contributed by atoms with Crippen LogP contribution in [0.1, 0.15) is 59.3 Å². The van der Waals surface area contributed by atoms with Crippen molar-refractivity contribution in [3.8, 4) is 0 Å². The van der Waals surface area contributed by atoms with Gasteiger partial charge in [0.05, 0.1) is 12.7 Å². The topological polar surface area (TPSA) is 46.5 Å². The third kappa shape index (κ3) is 9.97. The average Bonchev–Trinajstić information content (AvgIpc) is 2.17. The molecule has 16 heavy (non-hydrogen) atoms. The molecule has 0 fully saturated rings. The molecule has 0 aromatic heterocycles. The number of carbonyl (C=O) groups is 1. The van der Waals surface area contributed by atoms with E-state index in [2.05, 4.69) is 13.8 Å². The Morgan fingerprint density at radius 1 is 1.19 bits per heavy atom. The number of hydrogen-bond acceptors (Lipinski definition) is 3. The van der Waals surface area contributed by atoms with Gasteiger partial charge in [0.25, 0.3) is 0 Å². The van der Waals surface area contributed by atoms with Gasteiger partial charge >= 0.3 is 5.97 Å². The summed E-state index contributed by atoms with van der Waals surface area (Å²) in [6, 6.07) is 0. The van der Waals surface area contributed by atoms with Gasteiger partial charge in [-0.2, -0.15) is 0 Å². The van der Waals surface area contributed by atoms with Crippen LogP contribution in [0.3, 0.4) is 0 Å². The van der Waals surface area contributed by atoms with E-state index in [0.29, 0.717) is 25.4 Å². The van der Waals surface area contributed by atoms with E-state index < -0.39 is 0 Å². The van der Waals surface area contributed by atoms with Gasteiger partial charge in [-0.1, -0.05) is 26.7 Å². The van der Waals surface area contributed by atoms with Gasteiger partial charge in [0.15, 0.2) is 0 Å². The van der Waals surface area contributed by atoms with E-state index >= 15 is 0 Å². The summed E-state index contributed by atoms with van der Waals surface area (Å²) in [5.41, 5.74) is 0. The first-order valence-electron chi connectivity index (χ1n) is 6.40. The highest BCUT2D eigenvalue weighted by Gasteiger charge is 2.07. The molecule has 0 bridgehead atoms. The monoisotopic (exact) mass is 230 g/mol. The highest BCUT2D eigenvalue weighted by atomic mass is 16.5. The lowest BCUT2D eigenvalue weighted by atomic mass is 10.0. The predicted octanol–water partition coefficient (Wildman–Crippen LogP) is 2.91. The summed E-state index contributed by atoms with van der Waals surface area (Å²) in [4.78, 5) is 11.0. The summed E-state index contributed by atoms with van der Waals surface area (Å²) in [5.74, 6) is 0.545. The second-order valence-corrected chi connectivity index (χ2v) is 4.68. The summed E-state index contributed by atoms with van der Waals surface area (Å²) in [7, 11) is 0. The van der Waals surface area contributed by atoms with Crippen LogP contribution in [0.2, 0.25) is 0 Å². The predicted molar refractivity (Wildman–Crippen MR) is 65.2 cm³/mol. The maximum absolute atomic E-state index is 11.0. The van der Waals surface area contributed by atoms with Crippen LogP contribution in [0.5, 0.6) is 0 Å². The highest BCUT2D eigenvalue weighted by Crippen LogP contribution is 2.12. The molecule has 0 aromatic carbocycles. The minimum atomic E-state index is -0.256. The maximum atomic E-state index is 11.0. The van der Waals surface area contributed by atoms with Crippen molar-refractivity contribution in [3.63, 3.8) is 0 Å². The van der Waals surface area contributed by atoms with Gasteiger partial charge in [0.1, 0.15) is 0 Å². The van der Waals surface area contributed by atoms with E-state index in [1.807, 2.05) is 0 Å². The molecule has 3 nitrogen and oxygen atoms in total. The van der Waals surface area contributed by atoms with Gasteiger partial charge in [-0.15, -0.1) is 0 Å². The largest absolute Gasteiger partial charge is 0.466 e. The standard InChI is InChI=1S/C13H26O3/c1-4-16-13(15)10-6-9-12(14)8-5-7-11(2)3/h11-12,14H,4-10H2,1-3H3. The molecule has 0 aromatic rings. The number of rotatable bonds is 9. The zero-order valence-electron chi connectivity index (χ0n) is 10.9. The van der Waals surface area contributed by atoms with Crippen LogP contribution < -0.4 is 0 Å². The van der Waals surface area contributed by atoms with Gasteiger partial charge in [-0.3, -0.25) is 4.79 Å². The smallest absolute Gasteiger partial charge is 0.305 e. The Balaban J connectivity index is 3.36. The SMILES string of the molecule is CCOC(=O)CCCC(O)CCCC(C)C. The van der Waals surface area contributed by atoms with Crippen molar-refractivity contribution < 1.29 is 14.6 Å². The molecule has 0 saturated carbocycles. The van der Waals surface area contributed by atoms with Crippen LogP contribution in [0.4, 0.5) is 0 Å². The molecule has 0 heterocycles. The molecule has 1 unspecified atom stereocenters. The molecular formula is C13H26O3. The maximum Gasteiger partial charge on any atom is 0.305 e. The first-order chi connectivity index (χ1) is 7.56. The molecule has 0 aliphatic rings. The van der Waals surface area contributed by atoms with E-state index in [4.69, 9.17) is 4.74 Å². The number of hydrogen-bond donors (Lipinski definition) is 1. The number of carbonyl (C=O) groups excluding carboxylic acids is 1. The summed E-state index contributed by atoms with van der Waals surface area (Å²) < 4.78 is 4.82. The molecule has 1 atom stereocenters. The van der Waals surface area contributed by atoms with Crippen LogP contribution in [-0.4, -0.2) is 23.8 Å². The van der Waals surface area contributed by atoms with E-state index in [0.717, 1.165) is 25.7 Å². The Labute approximate surface area is 99.2 Å². The Morgan fingerprint density at radius 2 is 1.81 bits per heavy atom. The molecule has 0 aliphatic carbocycles. The fraction of sp³-hybridized carbons (Fsp3) is 0.923. The lowest BCUT2D eigenvalue weighted by molar-refractivity contribution is -0.143. The second kappa shape index (κ2) is 9.64. The normalized spacial score (nSPS) is 12.8. The Kier molecular flexibility index (Phi) is 9.30. The van der Waals surface area contributed by atoms with Crippen LogP contribution in [-0.2, 0) is 9.53 Å². The van der Waals surface area contributed by atoms with Crippen molar-refractivity contribution in [2.75, 3.05) is 6.61 Å². The van der Waals surface area contributed by atoms with Crippen molar-refractivity contribution in [2.24, 2.45) is 5.92 Å². The lowest BCUT2D eigenvalue weighted by Crippen LogP contribution is -2.09. The van der Waals surface area contributed by atoms with Crippen LogP contribution in [0.25, 0.3) is 0 Å². The Hall–Kier alpha value is -0.570. The van der Waals surface area contributed by atoms with E-state index in [1.54, 1.807) is 6.92 Å². The zero-order valence-corrected chi connectivity index (χ0v) is 10.9. The summed E-state index contributed by atoms with van der Waals surface area (Å²) >= 11 is 0. The van der Waals surface area contributed by atoms with Crippen molar-refractivity contribution >= 4 is 5.97 Å². The van der Waals surface area contributed by atoms with Crippen LogP contribution >= 0.6 is 0 Å².